The summed E-state index contributed by atoms with van der Waals surface area (Å²) in [7, 11) is -3.42. The number of sulfonamides is 1. The van der Waals surface area contributed by atoms with Crippen LogP contribution in [-0.4, -0.2) is 19.0 Å². The minimum absolute atomic E-state index is 0.0147. The maximum atomic E-state index is 12.3. The van der Waals surface area contributed by atoms with Gasteiger partial charge in [0.05, 0.1) is 4.90 Å². The lowest BCUT2D eigenvalue weighted by Gasteiger charge is -2.12. The summed E-state index contributed by atoms with van der Waals surface area (Å²) in [4.78, 5) is 0.328. The molecule has 0 saturated heterocycles. The van der Waals surface area contributed by atoms with Gasteiger partial charge < -0.3 is 10.3 Å². The molecule has 1 heterocycles. The maximum Gasteiger partial charge on any atom is 0.242 e. The summed E-state index contributed by atoms with van der Waals surface area (Å²) in [6.07, 6.45) is 4.88. The Balaban J connectivity index is 2.19. The first-order valence-electron chi connectivity index (χ1n) is 6.89. The van der Waals surface area contributed by atoms with Crippen molar-refractivity contribution < 1.29 is 8.42 Å². The molecule has 1 atom stereocenters. The van der Waals surface area contributed by atoms with Crippen molar-refractivity contribution in [2.24, 2.45) is 11.7 Å². The van der Waals surface area contributed by atoms with Crippen LogP contribution in [0.15, 0.2) is 17.2 Å². The van der Waals surface area contributed by atoms with E-state index in [-0.39, 0.29) is 6.04 Å². The van der Waals surface area contributed by atoms with Crippen LogP contribution in [0.4, 0.5) is 0 Å². The van der Waals surface area contributed by atoms with E-state index in [0.717, 1.165) is 31.5 Å². The first kappa shape index (κ1) is 14.6. The van der Waals surface area contributed by atoms with Crippen molar-refractivity contribution in [3.05, 3.63) is 18.0 Å². The number of aryl methyl sites for hydroxylation is 1. The van der Waals surface area contributed by atoms with Gasteiger partial charge in [0.2, 0.25) is 10.0 Å². The van der Waals surface area contributed by atoms with Gasteiger partial charge in [-0.05, 0) is 38.2 Å². The molecule has 0 radical (unpaired) electrons. The molecule has 0 spiro atoms. The second-order valence-corrected chi connectivity index (χ2v) is 7.03. The first-order chi connectivity index (χ1) is 8.97. The van der Waals surface area contributed by atoms with Crippen LogP contribution in [0.5, 0.6) is 0 Å². The third kappa shape index (κ3) is 3.38. The molecule has 1 fully saturated rings. The second kappa shape index (κ2) is 5.64. The van der Waals surface area contributed by atoms with E-state index in [4.69, 9.17) is 5.73 Å². The summed E-state index contributed by atoms with van der Waals surface area (Å²) in [6, 6.07) is 1.69. The molecule has 2 rings (SSSR count). The molecule has 0 bridgehead atoms. The predicted octanol–water partition coefficient (Wildman–Crippen LogP) is 1.43. The molecular weight excluding hydrogens is 262 g/mol. The molecule has 0 aromatic carbocycles. The molecule has 0 aliphatic heterocycles. The molecule has 5 nitrogen and oxygen atoms in total. The number of aromatic nitrogens is 1. The lowest BCUT2D eigenvalue weighted by Crippen LogP contribution is -2.33. The van der Waals surface area contributed by atoms with Gasteiger partial charge in [0.25, 0.3) is 0 Å². The van der Waals surface area contributed by atoms with Crippen molar-refractivity contribution in [3.8, 4) is 0 Å². The fourth-order valence-corrected chi connectivity index (χ4v) is 3.67. The highest BCUT2D eigenvalue weighted by molar-refractivity contribution is 7.89. The Morgan fingerprint density at radius 2 is 2.21 bits per heavy atom. The second-order valence-electron chi connectivity index (χ2n) is 5.31. The van der Waals surface area contributed by atoms with Gasteiger partial charge in [-0.2, -0.15) is 0 Å². The van der Waals surface area contributed by atoms with Crippen LogP contribution in [0.2, 0.25) is 0 Å². The molecule has 108 valence electrons. The highest BCUT2D eigenvalue weighted by Gasteiger charge is 2.31. The maximum absolute atomic E-state index is 12.3. The van der Waals surface area contributed by atoms with Crippen LogP contribution in [0.25, 0.3) is 0 Å². The molecule has 1 aliphatic rings. The van der Waals surface area contributed by atoms with Crippen molar-refractivity contribution >= 4 is 10.0 Å². The van der Waals surface area contributed by atoms with E-state index < -0.39 is 10.0 Å². The molecule has 3 N–H and O–H groups in total. The third-order valence-corrected chi connectivity index (χ3v) is 5.14. The van der Waals surface area contributed by atoms with Gasteiger partial charge in [0.15, 0.2) is 0 Å². The van der Waals surface area contributed by atoms with E-state index in [2.05, 4.69) is 11.6 Å². The summed E-state index contributed by atoms with van der Waals surface area (Å²) in [5, 5.41) is 0. The van der Waals surface area contributed by atoms with E-state index >= 15 is 0 Å². The van der Waals surface area contributed by atoms with Crippen LogP contribution < -0.4 is 10.5 Å². The predicted molar refractivity (Wildman–Crippen MR) is 75.1 cm³/mol. The molecule has 1 aliphatic carbocycles. The van der Waals surface area contributed by atoms with Crippen LogP contribution in [0.3, 0.4) is 0 Å². The molecule has 6 heteroatoms. The highest BCUT2D eigenvalue weighted by atomic mass is 32.2. The quantitative estimate of drug-likeness (QED) is 0.795. The Morgan fingerprint density at radius 3 is 2.74 bits per heavy atom. The normalized spacial score (nSPS) is 17.6. The summed E-state index contributed by atoms with van der Waals surface area (Å²) in [5.74, 6) is 0.501. The average molecular weight is 285 g/mol. The average Bonchev–Trinajstić information content (AvgIpc) is 3.11. The van der Waals surface area contributed by atoms with Gasteiger partial charge in [-0.25, -0.2) is 13.1 Å². The summed E-state index contributed by atoms with van der Waals surface area (Å²) < 4.78 is 29.3. The minimum Gasteiger partial charge on any atom is -0.349 e. The zero-order valence-corrected chi connectivity index (χ0v) is 12.4. The SMILES string of the molecule is CCCn1cc(S(=O)(=O)NC(C)C2CC2)cc1CN. The highest BCUT2D eigenvalue weighted by Crippen LogP contribution is 2.33. The Morgan fingerprint density at radius 1 is 1.53 bits per heavy atom. The fraction of sp³-hybridized carbons (Fsp3) is 0.692. The molecule has 1 unspecified atom stereocenters. The van der Waals surface area contributed by atoms with Gasteiger partial charge in [0, 0.05) is 31.0 Å². The molecular formula is C13H23N3O2S. The standard InChI is InChI=1S/C13H23N3O2S/c1-3-6-16-9-13(7-12(16)8-14)19(17,18)15-10(2)11-4-5-11/h7,9-11,15H,3-6,8,14H2,1-2H3. The lowest BCUT2D eigenvalue weighted by molar-refractivity contribution is 0.537. The number of rotatable bonds is 7. The Hall–Kier alpha value is -0.850. The smallest absolute Gasteiger partial charge is 0.242 e. The molecule has 19 heavy (non-hydrogen) atoms. The minimum atomic E-state index is -3.42. The number of hydrogen-bond donors (Lipinski definition) is 2. The Kier molecular flexibility index (Phi) is 4.32. The lowest BCUT2D eigenvalue weighted by atomic mass is 10.2. The number of hydrogen-bond acceptors (Lipinski definition) is 3. The van der Waals surface area contributed by atoms with Gasteiger partial charge >= 0.3 is 0 Å². The molecule has 1 aromatic rings. The van der Waals surface area contributed by atoms with Gasteiger partial charge in [-0.1, -0.05) is 6.92 Å². The van der Waals surface area contributed by atoms with Crippen LogP contribution in [-0.2, 0) is 23.1 Å². The molecule has 1 saturated carbocycles. The van der Waals surface area contributed by atoms with Crippen LogP contribution in [0.1, 0.15) is 38.8 Å². The Labute approximate surface area is 115 Å². The number of nitrogens with one attached hydrogen (secondary N) is 1. The number of nitrogens with two attached hydrogens (primary N) is 1. The van der Waals surface area contributed by atoms with Crippen molar-refractivity contribution in [2.45, 2.75) is 57.1 Å². The third-order valence-electron chi connectivity index (χ3n) is 3.61. The first-order valence-corrected chi connectivity index (χ1v) is 8.37. The van der Waals surface area contributed by atoms with Gasteiger partial charge in [-0.3, -0.25) is 0 Å². The molecule has 1 aromatic heterocycles. The zero-order valence-electron chi connectivity index (χ0n) is 11.6. The number of nitrogens with zero attached hydrogens (tertiary/aromatic N) is 1. The van der Waals surface area contributed by atoms with E-state index in [9.17, 15) is 8.42 Å². The fourth-order valence-electron chi connectivity index (χ4n) is 2.30. The van der Waals surface area contributed by atoms with Gasteiger partial charge in [-0.15, -0.1) is 0 Å². The summed E-state index contributed by atoms with van der Waals surface area (Å²) in [5.41, 5.74) is 6.52. The van der Waals surface area contributed by atoms with E-state index in [1.807, 2.05) is 11.5 Å². The zero-order chi connectivity index (χ0) is 14.0. The van der Waals surface area contributed by atoms with Gasteiger partial charge in [0.1, 0.15) is 0 Å². The molecule has 0 amide bonds. The van der Waals surface area contributed by atoms with E-state index in [0.29, 0.717) is 17.4 Å². The van der Waals surface area contributed by atoms with Crippen molar-refractivity contribution in [1.29, 1.82) is 0 Å². The van der Waals surface area contributed by atoms with Crippen molar-refractivity contribution in [1.82, 2.24) is 9.29 Å². The van der Waals surface area contributed by atoms with Crippen molar-refractivity contribution in [2.75, 3.05) is 0 Å². The van der Waals surface area contributed by atoms with E-state index in [1.54, 1.807) is 12.3 Å². The Bertz CT molecular complexity index is 532. The topological polar surface area (TPSA) is 77.1 Å². The van der Waals surface area contributed by atoms with Crippen molar-refractivity contribution in [3.63, 3.8) is 0 Å². The van der Waals surface area contributed by atoms with Crippen LogP contribution >= 0.6 is 0 Å². The summed E-state index contributed by atoms with van der Waals surface area (Å²) in [6.45, 7) is 5.14. The monoisotopic (exact) mass is 285 g/mol. The van der Waals surface area contributed by atoms with E-state index in [1.165, 1.54) is 0 Å². The summed E-state index contributed by atoms with van der Waals surface area (Å²) >= 11 is 0. The van der Waals surface area contributed by atoms with Crippen LogP contribution in [0, 0.1) is 5.92 Å². The largest absolute Gasteiger partial charge is 0.349 e.